The summed E-state index contributed by atoms with van der Waals surface area (Å²) in [5, 5.41) is 0. The minimum atomic E-state index is -3.63. The Labute approximate surface area is 121 Å². The highest BCUT2D eigenvalue weighted by atomic mass is 32.2. The molecule has 21 heavy (non-hydrogen) atoms. The van der Waals surface area contributed by atoms with E-state index in [1.165, 1.54) is 10.4 Å². The Morgan fingerprint density at radius 3 is 2.67 bits per heavy atom. The summed E-state index contributed by atoms with van der Waals surface area (Å²) < 4.78 is 44.2. The fourth-order valence-electron chi connectivity index (χ4n) is 2.15. The molecule has 0 spiro atoms. The summed E-state index contributed by atoms with van der Waals surface area (Å²) in [6, 6.07) is 11.5. The monoisotopic (exact) mass is 308 g/mol. The third-order valence-corrected chi connectivity index (χ3v) is 4.63. The molecule has 0 radical (unpaired) electrons. The third-order valence-electron chi connectivity index (χ3n) is 3.22. The molecule has 0 aromatic heterocycles. The van der Waals surface area contributed by atoms with Gasteiger partial charge in [-0.05, 0) is 11.6 Å². The number of fused-ring (bicyclic) bond motifs is 1. The Kier molecular flexibility index (Phi) is 3.21. The van der Waals surface area contributed by atoms with Gasteiger partial charge < -0.3 is 10.5 Å². The molecule has 0 atom stereocenters. The lowest BCUT2D eigenvalue weighted by Gasteiger charge is -2.30. The van der Waals surface area contributed by atoms with Gasteiger partial charge in [0.15, 0.2) is 0 Å². The molecule has 110 valence electrons. The van der Waals surface area contributed by atoms with E-state index in [0.29, 0.717) is 0 Å². The van der Waals surface area contributed by atoms with E-state index in [2.05, 4.69) is 0 Å². The molecule has 5 nitrogen and oxygen atoms in total. The van der Waals surface area contributed by atoms with E-state index in [-0.39, 0.29) is 23.7 Å². The van der Waals surface area contributed by atoms with Crippen molar-refractivity contribution in [1.82, 2.24) is 0 Å². The number of nitrogen functional groups attached to an aromatic ring is 1. The Morgan fingerprint density at radius 2 is 1.95 bits per heavy atom. The number of benzene rings is 2. The van der Waals surface area contributed by atoms with Crippen molar-refractivity contribution in [1.29, 1.82) is 0 Å². The molecule has 0 unspecified atom stereocenters. The van der Waals surface area contributed by atoms with Crippen LogP contribution in [0, 0.1) is 5.82 Å². The molecule has 1 heterocycles. The van der Waals surface area contributed by atoms with E-state index in [1.807, 2.05) is 30.3 Å². The minimum absolute atomic E-state index is 0.118. The summed E-state index contributed by atoms with van der Waals surface area (Å²) in [4.78, 5) is 0. The highest BCUT2D eigenvalue weighted by molar-refractivity contribution is 7.92. The van der Waals surface area contributed by atoms with E-state index >= 15 is 0 Å². The fraction of sp³-hybridized carbons (Fsp3) is 0.143. The molecule has 0 saturated carbocycles. The zero-order valence-corrected chi connectivity index (χ0v) is 11.8. The van der Waals surface area contributed by atoms with Crippen LogP contribution in [0.3, 0.4) is 0 Å². The molecule has 0 aliphatic carbocycles. The minimum Gasteiger partial charge on any atom is -0.473 e. The van der Waals surface area contributed by atoms with E-state index < -0.39 is 21.8 Å². The summed E-state index contributed by atoms with van der Waals surface area (Å²) >= 11 is 0. The van der Waals surface area contributed by atoms with E-state index in [0.717, 1.165) is 11.6 Å². The summed E-state index contributed by atoms with van der Waals surface area (Å²) in [6.07, 6.45) is 0. The maximum absolute atomic E-state index is 13.5. The van der Waals surface area contributed by atoms with Crippen LogP contribution in [0.4, 0.5) is 15.8 Å². The quantitative estimate of drug-likeness (QED) is 0.862. The molecule has 2 aromatic carbocycles. The van der Waals surface area contributed by atoms with Crippen LogP contribution in [0.1, 0.15) is 5.56 Å². The molecule has 1 aliphatic rings. The fourth-order valence-corrected chi connectivity index (χ4v) is 3.35. The zero-order valence-electron chi connectivity index (χ0n) is 11.0. The average molecular weight is 308 g/mol. The molecule has 7 heteroatoms. The lowest BCUT2D eigenvalue weighted by molar-refractivity contribution is 0.366. The molecule has 2 aromatic rings. The summed E-state index contributed by atoms with van der Waals surface area (Å²) in [6.45, 7) is 0.143. The van der Waals surface area contributed by atoms with E-state index in [1.54, 1.807) is 0 Å². The van der Waals surface area contributed by atoms with Gasteiger partial charge in [0, 0.05) is 6.07 Å². The Hall–Kier alpha value is -2.28. The molecular formula is C14H13FN2O3S. The van der Waals surface area contributed by atoms with Crippen molar-refractivity contribution in [3.05, 3.63) is 53.8 Å². The van der Waals surface area contributed by atoms with Gasteiger partial charge in [0.2, 0.25) is 5.94 Å². The predicted octanol–water partition coefficient (Wildman–Crippen LogP) is 2.09. The van der Waals surface area contributed by atoms with Crippen LogP contribution in [-0.2, 0) is 16.6 Å². The van der Waals surface area contributed by atoms with Crippen LogP contribution >= 0.6 is 0 Å². The van der Waals surface area contributed by atoms with Gasteiger partial charge in [-0.1, -0.05) is 30.3 Å². The standard InChI is InChI=1S/C14H13FN2O3S/c15-11-6-14-13(7-12(11)16)17(21(18,19)9-20-14)8-10-4-2-1-3-5-10/h1-7H,8-9,16H2. The number of anilines is 2. The maximum atomic E-state index is 13.5. The molecule has 0 bridgehead atoms. The summed E-state index contributed by atoms with van der Waals surface area (Å²) in [5.41, 5.74) is 6.49. The van der Waals surface area contributed by atoms with Crippen molar-refractivity contribution in [2.75, 3.05) is 16.0 Å². The number of halogens is 1. The predicted molar refractivity (Wildman–Crippen MR) is 77.9 cm³/mol. The van der Waals surface area contributed by atoms with E-state index in [4.69, 9.17) is 10.5 Å². The molecule has 2 N–H and O–H groups in total. The summed E-state index contributed by atoms with van der Waals surface area (Å²) in [5.74, 6) is -0.976. The van der Waals surface area contributed by atoms with Gasteiger partial charge in [-0.3, -0.25) is 4.31 Å². The average Bonchev–Trinajstić information content (AvgIpc) is 2.46. The SMILES string of the molecule is Nc1cc2c(cc1F)OCS(=O)(=O)N2Cc1ccccc1. The first-order valence-corrected chi connectivity index (χ1v) is 7.84. The van der Waals surface area contributed by atoms with Crippen molar-refractivity contribution in [3.8, 4) is 5.75 Å². The first-order chi connectivity index (χ1) is 9.97. The van der Waals surface area contributed by atoms with Gasteiger partial charge in [-0.25, -0.2) is 12.8 Å². The van der Waals surface area contributed by atoms with Crippen LogP contribution in [0.15, 0.2) is 42.5 Å². The molecule has 3 rings (SSSR count). The van der Waals surface area contributed by atoms with Gasteiger partial charge in [-0.15, -0.1) is 0 Å². The Bertz CT molecular complexity index is 778. The molecule has 0 fully saturated rings. The number of ether oxygens (including phenoxy) is 1. The summed E-state index contributed by atoms with van der Waals surface area (Å²) in [7, 11) is -3.63. The number of sulfonamides is 1. The largest absolute Gasteiger partial charge is 0.473 e. The molecule has 0 amide bonds. The number of nitrogens with two attached hydrogens (primary N) is 1. The third kappa shape index (κ3) is 2.52. The van der Waals surface area contributed by atoms with Crippen molar-refractivity contribution in [2.24, 2.45) is 0 Å². The Balaban J connectivity index is 2.08. The first-order valence-electron chi connectivity index (χ1n) is 6.23. The number of hydrogen-bond donors (Lipinski definition) is 1. The van der Waals surface area contributed by atoms with Gasteiger partial charge in [0.05, 0.1) is 17.9 Å². The number of hydrogen-bond acceptors (Lipinski definition) is 4. The lowest BCUT2D eigenvalue weighted by Crippen LogP contribution is -2.38. The highest BCUT2D eigenvalue weighted by Gasteiger charge is 2.32. The molecular weight excluding hydrogens is 295 g/mol. The van der Waals surface area contributed by atoms with Gasteiger partial charge in [0.1, 0.15) is 11.6 Å². The number of rotatable bonds is 2. The second-order valence-electron chi connectivity index (χ2n) is 4.71. The second kappa shape index (κ2) is 4.92. The maximum Gasteiger partial charge on any atom is 0.271 e. The normalized spacial score (nSPS) is 16.1. The van der Waals surface area contributed by atoms with Crippen LogP contribution in [0.2, 0.25) is 0 Å². The van der Waals surface area contributed by atoms with Crippen LogP contribution in [0.5, 0.6) is 5.75 Å². The lowest BCUT2D eigenvalue weighted by atomic mass is 10.2. The van der Waals surface area contributed by atoms with Crippen molar-refractivity contribution < 1.29 is 17.5 Å². The Morgan fingerprint density at radius 1 is 1.24 bits per heavy atom. The van der Waals surface area contributed by atoms with Crippen molar-refractivity contribution >= 4 is 21.4 Å². The van der Waals surface area contributed by atoms with Crippen LogP contribution < -0.4 is 14.8 Å². The first kappa shape index (κ1) is 13.7. The highest BCUT2D eigenvalue weighted by Crippen LogP contribution is 2.38. The number of nitrogens with zero attached hydrogens (tertiary/aromatic N) is 1. The molecule has 0 saturated heterocycles. The van der Waals surface area contributed by atoms with E-state index in [9.17, 15) is 12.8 Å². The smallest absolute Gasteiger partial charge is 0.271 e. The van der Waals surface area contributed by atoms with Crippen LogP contribution in [0.25, 0.3) is 0 Å². The second-order valence-corrected chi connectivity index (χ2v) is 6.55. The topological polar surface area (TPSA) is 72.6 Å². The van der Waals surface area contributed by atoms with Crippen molar-refractivity contribution in [2.45, 2.75) is 6.54 Å². The van der Waals surface area contributed by atoms with Crippen molar-refractivity contribution in [3.63, 3.8) is 0 Å². The van der Waals surface area contributed by atoms with Gasteiger partial charge in [-0.2, -0.15) is 0 Å². The van der Waals surface area contributed by atoms with Crippen LogP contribution in [-0.4, -0.2) is 14.4 Å². The van der Waals surface area contributed by atoms with Gasteiger partial charge in [0.25, 0.3) is 10.0 Å². The van der Waals surface area contributed by atoms with Gasteiger partial charge >= 0.3 is 0 Å². The zero-order chi connectivity index (χ0) is 15.0. The molecule has 1 aliphatic heterocycles.